The van der Waals surface area contributed by atoms with Gasteiger partial charge in [-0.05, 0) is 0 Å². The Kier molecular flexibility index (Phi) is 1.99. The van der Waals surface area contributed by atoms with Crippen LogP contribution in [0.25, 0.3) is 0 Å². The molecule has 0 unspecified atom stereocenters. The summed E-state index contributed by atoms with van der Waals surface area (Å²) >= 11 is 0. The molecular formula is C4H9N3O. The number of nitrogens with two attached hydrogens (primary N) is 1. The van der Waals surface area contributed by atoms with Crippen LogP contribution in [0.2, 0.25) is 0 Å². The minimum absolute atomic E-state index is 0.225. The number of amides is 1. The zero-order valence-electron chi connectivity index (χ0n) is 4.93. The maximum Gasteiger partial charge on any atom is 0.225 e. The number of nitrogens with zero attached hydrogens (tertiary/aromatic N) is 1. The lowest BCUT2D eigenvalue weighted by atomic mass is 10.6. The van der Waals surface area contributed by atoms with Gasteiger partial charge in [0.15, 0.2) is 5.96 Å². The first-order valence-corrected chi connectivity index (χ1v) is 2.14. The van der Waals surface area contributed by atoms with Crippen LogP contribution in [0.15, 0.2) is 0 Å². The van der Waals surface area contributed by atoms with E-state index in [0.29, 0.717) is 0 Å². The van der Waals surface area contributed by atoms with Crippen molar-refractivity contribution in [1.29, 1.82) is 5.41 Å². The average molecular weight is 115 g/mol. The minimum atomic E-state index is -0.225. The topological polar surface area (TPSA) is 70.2 Å². The molecular weight excluding hydrogens is 106 g/mol. The van der Waals surface area contributed by atoms with E-state index in [1.807, 2.05) is 0 Å². The van der Waals surface area contributed by atoms with E-state index in [1.165, 1.54) is 14.0 Å². The van der Waals surface area contributed by atoms with Gasteiger partial charge in [0, 0.05) is 14.0 Å². The number of carbonyl (C=O) groups is 1. The number of hydrogen-bond acceptors (Lipinski definition) is 2. The molecule has 1 amide bonds. The molecule has 4 nitrogen and oxygen atoms in total. The Balaban J connectivity index is 3.83. The maximum atomic E-state index is 10.3. The van der Waals surface area contributed by atoms with Crippen LogP contribution in [0.1, 0.15) is 6.92 Å². The van der Waals surface area contributed by atoms with E-state index < -0.39 is 0 Å². The molecule has 0 saturated heterocycles. The summed E-state index contributed by atoms with van der Waals surface area (Å²) in [5, 5.41) is 6.71. The van der Waals surface area contributed by atoms with E-state index >= 15 is 0 Å². The van der Waals surface area contributed by atoms with Gasteiger partial charge in [-0.15, -0.1) is 0 Å². The molecule has 0 aliphatic heterocycles. The van der Waals surface area contributed by atoms with Crippen LogP contribution in [-0.4, -0.2) is 23.8 Å². The van der Waals surface area contributed by atoms with Crippen molar-refractivity contribution in [2.75, 3.05) is 7.05 Å². The van der Waals surface area contributed by atoms with Gasteiger partial charge in [-0.25, -0.2) is 0 Å². The van der Waals surface area contributed by atoms with Crippen LogP contribution in [-0.2, 0) is 4.79 Å². The van der Waals surface area contributed by atoms with Gasteiger partial charge in [0.25, 0.3) is 0 Å². The second-order valence-corrected chi connectivity index (χ2v) is 1.46. The molecule has 0 bridgehead atoms. The lowest BCUT2D eigenvalue weighted by Gasteiger charge is -2.09. The van der Waals surface area contributed by atoms with E-state index in [0.717, 1.165) is 4.90 Å². The van der Waals surface area contributed by atoms with Gasteiger partial charge in [-0.1, -0.05) is 0 Å². The number of guanidine groups is 1. The molecule has 0 aliphatic rings. The molecule has 0 aliphatic carbocycles. The van der Waals surface area contributed by atoms with Crippen molar-refractivity contribution in [2.45, 2.75) is 6.92 Å². The van der Waals surface area contributed by atoms with Crippen molar-refractivity contribution in [3.8, 4) is 0 Å². The van der Waals surface area contributed by atoms with E-state index in [-0.39, 0.29) is 11.9 Å². The second kappa shape index (κ2) is 2.30. The maximum absolute atomic E-state index is 10.3. The third-order valence-corrected chi connectivity index (χ3v) is 0.834. The molecule has 4 heteroatoms. The molecule has 0 aromatic carbocycles. The Morgan fingerprint density at radius 1 is 1.75 bits per heavy atom. The molecule has 0 atom stereocenters. The highest BCUT2D eigenvalue weighted by atomic mass is 16.2. The van der Waals surface area contributed by atoms with E-state index in [9.17, 15) is 4.79 Å². The smallest absolute Gasteiger partial charge is 0.225 e. The van der Waals surface area contributed by atoms with Gasteiger partial charge in [-0.2, -0.15) is 0 Å². The van der Waals surface area contributed by atoms with Gasteiger partial charge in [0.1, 0.15) is 0 Å². The average Bonchev–Trinajstić information content (AvgIpc) is 1.64. The molecule has 8 heavy (non-hydrogen) atoms. The molecule has 0 saturated carbocycles. The standard InChI is InChI=1S/C4H9N3O/c1-3(8)7(2)4(5)6/h1-2H3,(H3,5,6). The molecule has 0 spiro atoms. The Hall–Kier alpha value is -1.06. The van der Waals surface area contributed by atoms with Crippen LogP contribution in [0.5, 0.6) is 0 Å². The lowest BCUT2D eigenvalue weighted by molar-refractivity contribution is -0.124. The molecule has 0 aromatic rings. The van der Waals surface area contributed by atoms with Crippen molar-refractivity contribution in [3.63, 3.8) is 0 Å². The van der Waals surface area contributed by atoms with Crippen LogP contribution in [0.3, 0.4) is 0 Å². The molecule has 3 N–H and O–H groups in total. The molecule has 0 rings (SSSR count). The van der Waals surface area contributed by atoms with Crippen LogP contribution < -0.4 is 5.73 Å². The van der Waals surface area contributed by atoms with E-state index in [4.69, 9.17) is 11.1 Å². The SMILES string of the molecule is CC(=O)N(C)C(=N)N. The zero-order chi connectivity index (χ0) is 6.73. The van der Waals surface area contributed by atoms with Crippen molar-refractivity contribution in [2.24, 2.45) is 5.73 Å². The minimum Gasteiger partial charge on any atom is -0.370 e. The highest BCUT2D eigenvalue weighted by molar-refractivity contribution is 5.93. The monoisotopic (exact) mass is 115 g/mol. The highest BCUT2D eigenvalue weighted by Gasteiger charge is 2.01. The first-order valence-electron chi connectivity index (χ1n) is 2.14. The predicted molar refractivity (Wildman–Crippen MR) is 30.4 cm³/mol. The van der Waals surface area contributed by atoms with Gasteiger partial charge < -0.3 is 5.73 Å². The highest BCUT2D eigenvalue weighted by Crippen LogP contribution is 1.77. The fourth-order valence-corrected chi connectivity index (χ4v) is 0.170. The lowest BCUT2D eigenvalue weighted by Crippen LogP contribution is -2.36. The number of carbonyl (C=O) groups excluding carboxylic acids is 1. The van der Waals surface area contributed by atoms with Crippen molar-refractivity contribution in [1.82, 2.24) is 4.90 Å². The van der Waals surface area contributed by atoms with Gasteiger partial charge >= 0.3 is 0 Å². The number of rotatable bonds is 0. The zero-order valence-corrected chi connectivity index (χ0v) is 4.93. The third kappa shape index (κ3) is 1.59. The molecule has 0 radical (unpaired) electrons. The summed E-state index contributed by atoms with van der Waals surface area (Å²) in [6.07, 6.45) is 0. The first-order chi connectivity index (χ1) is 3.55. The summed E-state index contributed by atoms with van der Waals surface area (Å²) in [5.41, 5.74) is 4.93. The van der Waals surface area contributed by atoms with Crippen molar-refractivity contribution >= 4 is 11.9 Å². The second-order valence-electron chi connectivity index (χ2n) is 1.46. The first kappa shape index (κ1) is 6.94. The third-order valence-electron chi connectivity index (χ3n) is 0.834. The Morgan fingerprint density at radius 3 is 2.12 bits per heavy atom. The number of hydrogen-bond donors (Lipinski definition) is 2. The Labute approximate surface area is 47.8 Å². The van der Waals surface area contributed by atoms with Crippen molar-refractivity contribution in [3.05, 3.63) is 0 Å². The molecule has 46 valence electrons. The summed E-state index contributed by atoms with van der Waals surface area (Å²) in [5.74, 6) is -0.449. The summed E-state index contributed by atoms with van der Waals surface area (Å²) < 4.78 is 0. The summed E-state index contributed by atoms with van der Waals surface area (Å²) in [6, 6.07) is 0. The fraction of sp³-hybridized carbons (Fsp3) is 0.500. The fourth-order valence-electron chi connectivity index (χ4n) is 0.170. The summed E-state index contributed by atoms with van der Waals surface area (Å²) in [6.45, 7) is 1.35. The van der Waals surface area contributed by atoms with Crippen LogP contribution in [0.4, 0.5) is 0 Å². The van der Waals surface area contributed by atoms with Crippen molar-refractivity contribution < 1.29 is 4.79 Å². The molecule has 0 heterocycles. The quantitative estimate of drug-likeness (QED) is 0.325. The van der Waals surface area contributed by atoms with E-state index in [1.54, 1.807) is 0 Å². The number of nitrogens with one attached hydrogen (secondary N) is 1. The Morgan fingerprint density at radius 2 is 2.12 bits per heavy atom. The normalized spacial score (nSPS) is 8.25. The predicted octanol–water partition coefficient (Wildman–Crippen LogP) is -0.642. The Bertz CT molecular complexity index is 106. The largest absolute Gasteiger partial charge is 0.370 e. The van der Waals surface area contributed by atoms with E-state index in [2.05, 4.69) is 0 Å². The van der Waals surface area contributed by atoms with Crippen LogP contribution >= 0.6 is 0 Å². The molecule has 0 aromatic heterocycles. The molecule has 0 fully saturated rings. The van der Waals surface area contributed by atoms with Gasteiger partial charge in [0.2, 0.25) is 5.91 Å². The van der Waals surface area contributed by atoms with Gasteiger partial charge in [-0.3, -0.25) is 15.1 Å². The summed E-state index contributed by atoms with van der Waals surface area (Å²) in [7, 11) is 1.45. The van der Waals surface area contributed by atoms with Gasteiger partial charge in [0.05, 0.1) is 0 Å². The summed E-state index contributed by atoms with van der Waals surface area (Å²) in [4.78, 5) is 11.3. The van der Waals surface area contributed by atoms with Crippen LogP contribution in [0, 0.1) is 5.41 Å².